The van der Waals surface area contributed by atoms with Gasteiger partial charge in [-0.1, -0.05) is 13.8 Å². The fourth-order valence-corrected chi connectivity index (χ4v) is 6.57. The maximum absolute atomic E-state index is 12.5. The van der Waals surface area contributed by atoms with Crippen molar-refractivity contribution in [3.63, 3.8) is 0 Å². The van der Waals surface area contributed by atoms with Crippen LogP contribution in [-0.4, -0.2) is 12.2 Å². The van der Waals surface area contributed by atoms with Gasteiger partial charge < -0.3 is 5.73 Å². The van der Waals surface area contributed by atoms with Gasteiger partial charge in [0.2, 0.25) is 0 Å². The van der Waals surface area contributed by atoms with Crippen LogP contribution in [-0.2, 0) is 0 Å². The molecule has 4 fully saturated rings. The molecule has 0 radical (unpaired) electrons. The summed E-state index contributed by atoms with van der Waals surface area (Å²) in [5, 5.41) is 0. The molecule has 0 saturated heterocycles. The van der Waals surface area contributed by atoms with Crippen molar-refractivity contribution in [2.75, 3.05) is 0 Å². The van der Waals surface area contributed by atoms with E-state index in [0.717, 1.165) is 19.3 Å². The molecular formula is C16H26F3N. The van der Waals surface area contributed by atoms with E-state index in [1.54, 1.807) is 0 Å². The largest absolute Gasteiger partial charge is 0.389 e. The van der Waals surface area contributed by atoms with Gasteiger partial charge in [-0.15, -0.1) is 0 Å². The molecule has 0 aromatic rings. The zero-order valence-electron chi connectivity index (χ0n) is 12.5. The Morgan fingerprint density at radius 1 is 1.05 bits per heavy atom. The van der Waals surface area contributed by atoms with Crippen molar-refractivity contribution in [3.05, 3.63) is 0 Å². The SMILES string of the molecule is CC12CC3CC(C)(C1)CC(C(N)CCC(F)(F)F)(C3)C2. The van der Waals surface area contributed by atoms with Crippen molar-refractivity contribution < 1.29 is 13.2 Å². The summed E-state index contributed by atoms with van der Waals surface area (Å²) in [5.41, 5.74) is 6.92. The number of rotatable bonds is 3. The van der Waals surface area contributed by atoms with E-state index < -0.39 is 12.6 Å². The van der Waals surface area contributed by atoms with Crippen LogP contribution >= 0.6 is 0 Å². The summed E-state index contributed by atoms with van der Waals surface area (Å²) in [7, 11) is 0. The molecule has 0 aliphatic heterocycles. The number of alkyl halides is 3. The van der Waals surface area contributed by atoms with Gasteiger partial charge in [0.1, 0.15) is 0 Å². The molecule has 116 valence electrons. The first kappa shape index (κ1) is 14.7. The lowest BCUT2D eigenvalue weighted by Crippen LogP contribution is -2.60. The molecule has 3 atom stereocenters. The predicted octanol–water partition coefficient (Wildman–Crippen LogP) is 4.65. The van der Waals surface area contributed by atoms with E-state index in [1.807, 2.05) is 0 Å². The molecule has 1 nitrogen and oxygen atoms in total. The lowest BCUT2D eigenvalue weighted by atomic mass is 9.39. The average Bonchev–Trinajstić information content (AvgIpc) is 2.19. The van der Waals surface area contributed by atoms with E-state index in [4.69, 9.17) is 5.73 Å². The minimum absolute atomic E-state index is 0.0197. The average molecular weight is 289 g/mol. The van der Waals surface area contributed by atoms with Gasteiger partial charge >= 0.3 is 6.18 Å². The fraction of sp³-hybridized carbons (Fsp3) is 1.00. The van der Waals surface area contributed by atoms with Crippen LogP contribution in [0.5, 0.6) is 0 Å². The maximum Gasteiger partial charge on any atom is 0.389 e. The summed E-state index contributed by atoms with van der Waals surface area (Å²) in [6.07, 6.45) is 2.22. The quantitative estimate of drug-likeness (QED) is 0.804. The second kappa shape index (κ2) is 4.15. The van der Waals surface area contributed by atoms with Gasteiger partial charge in [-0.2, -0.15) is 13.2 Å². The maximum atomic E-state index is 12.5. The molecule has 4 aliphatic rings. The number of nitrogens with two attached hydrogens (primary N) is 1. The van der Waals surface area contributed by atoms with Gasteiger partial charge in [0.15, 0.2) is 0 Å². The molecule has 4 heteroatoms. The van der Waals surface area contributed by atoms with Crippen LogP contribution in [0.4, 0.5) is 13.2 Å². The standard InChI is InChI=1S/C16H26F3N/c1-13-5-11-6-14(2,8-13)10-15(7-11,9-13)12(20)3-4-16(17,18)19/h11-12H,3-10,20H2,1-2H3. The molecule has 0 aromatic carbocycles. The molecule has 4 rings (SSSR count). The first-order valence-electron chi connectivity index (χ1n) is 7.86. The van der Waals surface area contributed by atoms with E-state index in [1.165, 1.54) is 19.3 Å². The van der Waals surface area contributed by atoms with Crippen molar-refractivity contribution in [1.29, 1.82) is 0 Å². The summed E-state index contributed by atoms with van der Waals surface area (Å²) < 4.78 is 37.4. The van der Waals surface area contributed by atoms with E-state index in [-0.39, 0.29) is 17.9 Å². The second-order valence-electron chi connectivity index (χ2n) is 8.75. The molecular weight excluding hydrogens is 263 g/mol. The Labute approximate surface area is 119 Å². The molecule has 0 aromatic heterocycles. The monoisotopic (exact) mass is 289 g/mol. The van der Waals surface area contributed by atoms with Crippen LogP contribution in [0, 0.1) is 22.2 Å². The topological polar surface area (TPSA) is 26.0 Å². The van der Waals surface area contributed by atoms with Crippen LogP contribution in [0.15, 0.2) is 0 Å². The van der Waals surface area contributed by atoms with Crippen molar-refractivity contribution in [3.8, 4) is 0 Å². The van der Waals surface area contributed by atoms with E-state index in [9.17, 15) is 13.2 Å². The van der Waals surface area contributed by atoms with Gasteiger partial charge in [-0.3, -0.25) is 0 Å². The third-order valence-corrected chi connectivity index (χ3v) is 6.19. The first-order valence-corrected chi connectivity index (χ1v) is 7.86. The minimum atomic E-state index is -4.08. The zero-order chi connectivity index (χ0) is 14.8. The molecule has 3 unspecified atom stereocenters. The van der Waals surface area contributed by atoms with Crippen LogP contribution in [0.3, 0.4) is 0 Å². The van der Waals surface area contributed by atoms with Gasteiger partial charge in [0, 0.05) is 12.5 Å². The van der Waals surface area contributed by atoms with Gasteiger partial charge in [0.25, 0.3) is 0 Å². The Bertz CT molecular complexity index is 385. The summed E-state index contributed by atoms with van der Waals surface area (Å²) in [5.74, 6) is 0.693. The summed E-state index contributed by atoms with van der Waals surface area (Å²) >= 11 is 0. The third kappa shape index (κ3) is 2.49. The Kier molecular flexibility index (Phi) is 3.04. The van der Waals surface area contributed by atoms with Gasteiger partial charge in [-0.05, 0) is 67.1 Å². The fourth-order valence-electron chi connectivity index (χ4n) is 6.57. The highest BCUT2D eigenvalue weighted by Gasteiger charge is 2.61. The Balaban J connectivity index is 1.78. The minimum Gasteiger partial charge on any atom is -0.327 e. The van der Waals surface area contributed by atoms with E-state index in [2.05, 4.69) is 13.8 Å². The van der Waals surface area contributed by atoms with Gasteiger partial charge in [-0.25, -0.2) is 0 Å². The number of halogens is 3. The van der Waals surface area contributed by atoms with Crippen molar-refractivity contribution in [2.24, 2.45) is 27.9 Å². The number of hydrogen-bond donors (Lipinski definition) is 1. The van der Waals surface area contributed by atoms with E-state index >= 15 is 0 Å². The Morgan fingerprint density at radius 2 is 1.60 bits per heavy atom. The molecule has 4 aliphatic carbocycles. The first-order chi connectivity index (χ1) is 9.03. The van der Waals surface area contributed by atoms with Gasteiger partial charge in [0.05, 0.1) is 0 Å². The van der Waals surface area contributed by atoms with Crippen molar-refractivity contribution in [1.82, 2.24) is 0 Å². The summed E-state index contributed by atoms with van der Waals surface area (Å²) in [6.45, 7) is 4.67. The predicted molar refractivity (Wildman–Crippen MR) is 73.1 cm³/mol. The van der Waals surface area contributed by atoms with Crippen molar-refractivity contribution in [2.45, 2.75) is 77.4 Å². The van der Waals surface area contributed by atoms with E-state index in [0.29, 0.717) is 16.7 Å². The van der Waals surface area contributed by atoms with Crippen molar-refractivity contribution >= 4 is 0 Å². The van der Waals surface area contributed by atoms with Crippen LogP contribution < -0.4 is 5.73 Å². The molecule has 0 amide bonds. The summed E-state index contributed by atoms with van der Waals surface area (Å²) in [4.78, 5) is 0. The molecule has 0 heterocycles. The smallest absolute Gasteiger partial charge is 0.327 e. The highest BCUT2D eigenvalue weighted by Crippen LogP contribution is 2.70. The zero-order valence-corrected chi connectivity index (χ0v) is 12.5. The molecule has 4 bridgehead atoms. The van der Waals surface area contributed by atoms with Crippen LogP contribution in [0.25, 0.3) is 0 Å². The Morgan fingerprint density at radius 3 is 2.05 bits per heavy atom. The lowest BCUT2D eigenvalue weighted by Gasteiger charge is -2.67. The highest BCUT2D eigenvalue weighted by molar-refractivity contribution is 5.13. The second-order valence-corrected chi connectivity index (χ2v) is 8.75. The number of hydrogen-bond acceptors (Lipinski definition) is 1. The summed E-state index contributed by atoms with van der Waals surface area (Å²) in [6, 6.07) is -0.286. The Hall–Kier alpha value is -0.250. The molecule has 0 spiro atoms. The molecule has 4 saturated carbocycles. The van der Waals surface area contributed by atoms with Crippen LogP contribution in [0.1, 0.15) is 65.2 Å². The highest BCUT2D eigenvalue weighted by atomic mass is 19.4. The molecule has 2 N–H and O–H groups in total. The normalized spacial score (nSPS) is 48.6. The molecule has 20 heavy (non-hydrogen) atoms. The van der Waals surface area contributed by atoms with Crippen LogP contribution in [0.2, 0.25) is 0 Å². The lowest BCUT2D eigenvalue weighted by molar-refractivity contribution is -0.164. The third-order valence-electron chi connectivity index (χ3n) is 6.19.